The first-order valence-corrected chi connectivity index (χ1v) is 6.91. The largest absolute Gasteiger partial charge is 0.369 e. The van der Waals surface area contributed by atoms with Gasteiger partial charge in [-0.05, 0) is 26.7 Å². The van der Waals surface area contributed by atoms with E-state index in [0.717, 1.165) is 12.8 Å². The topological polar surface area (TPSA) is 84.7 Å². The second-order valence-corrected chi connectivity index (χ2v) is 5.12. The summed E-state index contributed by atoms with van der Waals surface area (Å²) >= 11 is 0. The monoisotopic (exact) mass is 271 g/mol. The van der Waals surface area contributed by atoms with Crippen molar-refractivity contribution in [2.75, 3.05) is 32.8 Å². The van der Waals surface area contributed by atoms with Crippen LogP contribution in [0, 0.1) is 5.92 Å². The molecule has 0 saturated carbocycles. The summed E-state index contributed by atoms with van der Waals surface area (Å²) in [5.41, 5.74) is 5.35. The molecule has 0 aromatic rings. The van der Waals surface area contributed by atoms with Gasteiger partial charge in [-0.1, -0.05) is 0 Å². The molecule has 1 aliphatic rings. The molecule has 0 radical (unpaired) electrons. The number of ether oxygens (including phenoxy) is 1. The molecule has 0 aliphatic carbocycles. The maximum absolute atomic E-state index is 11.9. The van der Waals surface area contributed by atoms with Crippen LogP contribution in [-0.4, -0.2) is 55.6 Å². The van der Waals surface area contributed by atoms with E-state index in [1.165, 1.54) is 0 Å². The van der Waals surface area contributed by atoms with Gasteiger partial charge in [0, 0.05) is 26.2 Å². The molecule has 1 heterocycles. The second-order valence-electron chi connectivity index (χ2n) is 5.12. The highest BCUT2D eigenvalue weighted by Crippen LogP contribution is 2.16. The van der Waals surface area contributed by atoms with Crippen LogP contribution in [0.1, 0.15) is 26.7 Å². The van der Waals surface area contributed by atoms with Crippen molar-refractivity contribution in [3.8, 4) is 0 Å². The Morgan fingerprint density at radius 3 is 2.84 bits per heavy atom. The van der Waals surface area contributed by atoms with E-state index in [-0.39, 0.29) is 30.4 Å². The van der Waals surface area contributed by atoms with Gasteiger partial charge in [0.15, 0.2) is 0 Å². The molecule has 1 fully saturated rings. The summed E-state index contributed by atoms with van der Waals surface area (Å²) in [6.45, 7) is 5.99. The Hall–Kier alpha value is -1.14. The van der Waals surface area contributed by atoms with Gasteiger partial charge in [0.25, 0.3) is 0 Å². The first kappa shape index (κ1) is 15.9. The number of carbonyl (C=O) groups is 2. The van der Waals surface area contributed by atoms with Crippen LogP contribution in [-0.2, 0) is 14.3 Å². The van der Waals surface area contributed by atoms with Gasteiger partial charge in [-0.2, -0.15) is 0 Å². The average Bonchev–Trinajstić information content (AvgIpc) is 2.42. The Labute approximate surface area is 114 Å². The van der Waals surface area contributed by atoms with Crippen molar-refractivity contribution in [3.05, 3.63) is 0 Å². The smallest absolute Gasteiger partial charge is 0.248 e. The molecular weight excluding hydrogens is 246 g/mol. The van der Waals surface area contributed by atoms with E-state index in [0.29, 0.717) is 26.2 Å². The molecule has 1 rings (SSSR count). The van der Waals surface area contributed by atoms with Gasteiger partial charge < -0.3 is 20.7 Å². The number of hydrogen-bond donors (Lipinski definition) is 2. The summed E-state index contributed by atoms with van der Waals surface area (Å²) < 4.78 is 5.31. The average molecular weight is 271 g/mol. The van der Waals surface area contributed by atoms with Crippen LogP contribution in [0.25, 0.3) is 0 Å². The number of likely N-dealkylation sites (tertiary alicyclic amines) is 1. The Kier molecular flexibility index (Phi) is 6.80. The van der Waals surface area contributed by atoms with Crippen molar-refractivity contribution in [3.63, 3.8) is 0 Å². The van der Waals surface area contributed by atoms with Crippen LogP contribution in [0.4, 0.5) is 0 Å². The SMILES string of the molecule is CC(C)OCC(=O)N1CCCC(C(=O)NCCN)C1. The van der Waals surface area contributed by atoms with Gasteiger partial charge in [-0.15, -0.1) is 0 Å². The molecule has 6 nitrogen and oxygen atoms in total. The summed E-state index contributed by atoms with van der Waals surface area (Å²) in [6, 6.07) is 0. The fourth-order valence-electron chi connectivity index (χ4n) is 2.09. The van der Waals surface area contributed by atoms with Crippen LogP contribution in [0.2, 0.25) is 0 Å². The van der Waals surface area contributed by atoms with Crippen molar-refractivity contribution in [1.29, 1.82) is 0 Å². The van der Waals surface area contributed by atoms with Crippen LogP contribution in [0.5, 0.6) is 0 Å². The van der Waals surface area contributed by atoms with Gasteiger partial charge in [-0.3, -0.25) is 9.59 Å². The zero-order chi connectivity index (χ0) is 14.3. The Morgan fingerprint density at radius 2 is 2.21 bits per heavy atom. The van der Waals surface area contributed by atoms with Gasteiger partial charge >= 0.3 is 0 Å². The molecule has 1 unspecified atom stereocenters. The molecule has 0 aromatic carbocycles. The van der Waals surface area contributed by atoms with E-state index >= 15 is 0 Å². The molecule has 0 spiro atoms. The van der Waals surface area contributed by atoms with E-state index in [9.17, 15) is 9.59 Å². The molecule has 3 N–H and O–H groups in total. The molecule has 6 heteroatoms. The summed E-state index contributed by atoms with van der Waals surface area (Å²) in [4.78, 5) is 25.5. The van der Waals surface area contributed by atoms with E-state index < -0.39 is 0 Å². The number of piperidine rings is 1. The minimum Gasteiger partial charge on any atom is -0.369 e. The lowest BCUT2D eigenvalue weighted by molar-refractivity contribution is -0.141. The molecule has 110 valence electrons. The number of hydrogen-bond acceptors (Lipinski definition) is 4. The molecule has 1 atom stereocenters. The summed E-state index contributed by atoms with van der Waals surface area (Å²) in [5.74, 6) is -0.166. The number of nitrogens with two attached hydrogens (primary N) is 1. The lowest BCUT2D eigenvalue weighted by Gasteiger charge is -2.32. The zero-order valence-corrected chi connectivity index (χ0v) is 11.9. The predicted molar refractivity (Wildman–Crippen MR) is 72.5 cm³/mol. The maximum atomic E-state index is 11.9. The van der Waals surface area contributed by atoms with Crippen molar-refractivity contribution < 1.29 is 14.3 Å². The molecular formula is C13H25N3O3. The van der Waals surface area contributed by atoms with Crippen molar-refractivity contribution in [2.24, 2.45) is 11.7 Å². The number of nitrogens with one attached hydrogen (secondary N) is 1. The standard InChI is InChI=1S/C13H25N3O3/c1-10(2)19-9-12(17)16-7-3-4-11(8-16)13(18)15-6-5-14/h10-11H,3-9,14H2,1-2H3,(H,15,18). The fourth-order valence-corrected chi connectivity index (χ4v) is 2.09. The van der Waals surface area contributed by atoms with Gasteiger partial charge in [0.05, 0.1) is 12.0 Å². The first-order chi connectivity index (χ1) is 9.04. The van der Waals surface area contributed by atoms with E-state index in [1.54, 1.807) is 4.90 Å². The van der Waals surface area contributed by atoms with E-state index in [2.05, 4.69) is 5.32 Å². The van der Waals surface area contributed by atoms with Crippen LogP contribution < -0.4 is 11.1 Å². The third-order valence-electron chi connectivity index (χ3n) is 3.13. The van der Waals surface area contributed by atoms with Crippen molar-refractivity contribution in [1.82, 2.24) is 10.2 Å². The summed E-state index contributed by atoms with van der Waals surface area (Å²) in [7, 11) is 0. The third-order valence-corrected chi connectivity index (χ3v) is 3.13. The second kappa shape index (κ2) is 8.12. The molecule has 0 aromatic heterocycles. The lowest BCUT2D eigenvalue weighted by Crippen LogP contribution is -2.47. The van der Waals surface area contributed by atoms with Crippen LogP contribution >= 0.6 is 0 Å². The fraction of sp³-hybridized carbons (Fsp3) is 0.846. The highest BCUT2D eigenvalue weighted by atomic mass is 16.5. The summed E-state index contributed by atoms with van der Waals surface area (Å²) in [6.07, 6.45) is 1.72. The van der Waals surface area contributed by atoms with Gasteiger partial charge in [0.2, 0.25) is 11.8 Å². The van der Waals surface area contributed by atoms with Gasteiger partial charge in [-0.25, -0.2) is 0 Å². The Bertz CT molecular complexity index is 308. The first-order valence-electron chi connectivity index (χ1n) is 6.91. The third kappa shape index (κ3) is 5.57. The van der Waals surface area contributed by atoms with E-state index in [1.807, 2.05) is 13.8 Å². The number of rotatable bonds is 6. The highest BCUT2D eigenvalue weighted by molar-refractivity contribution is 5.81. The normalized spacial score (nSPS) is 19.6. The Balaban J connectivity index is 2.40. The number of nitrogens with zero attached hydrogens (tertiary/aromatic N) is 1. The Morgan fingerprint density at radius 1 is 1.47 bits per heavy atom. The number of amides is 2. The highest BCUT2D eigenvalue weighted by Gasteiger charge is 2.28. The van der Waals surface area contributed by atoms with E-state index in [4.69, 9.17) is 10.5 Å². The van der Waals surface area contributed by atoms with Gasteiger partial charge in [0.1, 0.15) is 6.61 Å². The van der Waals surface area contributed by atoms with Crippen molar-refractivity contribution in [2.45, 2.75) is 32.8 Å². The van der Waals surface area contributed by atoms with Crippen LogP contribution in [0.3, 0.4) is 0 Å². The quantitative estimate of drug-likeness (QED) is 0.696. The zero-order valence-electron chi connectivity index (χ0n) is 11.9. The molecule has 0 bridgehead atoms. The number of carbonyl (C=O) groups excluding carboxylic acids is 2. The van der Waals surface area contributed by atoms with Crippen LogP contribution in [0.15, 0.2) is 0 Å². The maximum Gasteiger partial charge on any atom is 0.248 e. The predicted octanol–water partition coefficient (Wildman–Crippen LogP) is -0.275. The minimum atomic E-state index is -0.122. The molecule has 1 saturated heterocycles. The lowest BCUT2D eigenvalue weighted by atomic mass is 9.97. The minimum absolute atomic E-state index is 0.00673. The summed E-state index contributed by atoms with van der Waals surface area (Å²) in [5, 5.41) is 2.78. The molecule has 19 heavy (non-hydrogen) atoms. The van der Waals surface area contributed by atoms with Crippen molar-refractivity contribution >= 4 is 11.8 Å². The molecule has 1 aliphatic heterocycles. The molecule has 2 amide bonds.